The summed E-state index contributed by atoms with van der Waals surface area (Å²) in [5.74, 6) is -47.5. The van der Waals surface area contributed by atoms with Crippen molar-refractivity contribution in [2.45, 2.75) is 54.6 Å². The van der Waals surface area contributed by atoms with E-state index in [-0.39, 0.29) is 0 Å². The Bertz CT molecular complexity index is 3490. The van der Waals surface area contributed by atoms with Gasteiger partial charge in [0.05, 0.1) is 15.0 Å². The molecular weight excluding hydrogens is 1400 g/mol. The van der Waals surface area contributed by atoms with E-state index >= 15 is 0 Å². The molecular formula is C52H22BrClF31N3O2. The van der Waals surface area contributed by atoms with Crippen molar-refractivity contribution in [3.63, 3.8) is 0 Å². The summed E-state index contributed by atoms with van der Waals surface area (Å²) >= 11 is 7.32. The number of benzene rings is 7. The Labute approximate surface area is 494 Å². The van der Waals surface area contributed by atoms with Gasteiger partial charge in [-0.05, 0) is 70.5 Å². The van der Waals surface area contributed by atoms with Gasteiger partial charge in [0.15, 0.2) is 140 Å². The van der Waals surface area contributed by atoms with Crippen molar-refractivity contribution in [3.05, 3.63) is 244 Å². The van der Waals surface area contributed by atoms with Gasteiger partial charge in [0.25, 0.3) is 0 Å². The monoisotopic (exact) mass is 1420 g/mol. The summed E-state index contributed by atoms with van der Waals surface area (Å²) in [5, 5.41) is 25.3. The molecule has 0 heterocycles. The maximum Gasteiger partial charge on any atom is 0.422 e. The van der Waals surface area contributed by atoms with Crippen LogP contribution in [0.3, 0.4) is 0 Å². The molecule has 0 saturated heterocycles. The fourth-order valence-electron chi connectivity index (χ4n) is 5.63. The lowest BCUT2D eigenvalue weighted by atomic mass is 10.1. The maximum atomic E-state index is 12.7. The standard InChI is InChI=1S/C8H3F7.C8H3F4N.C8H4F3N.C7H3BrF4.C7H3ClF4.C7H3F5.C7H3F4NO2/c1-2-4(9)6(11)3(8(13,14)15)7(12)5(2)10;1-3-5(9)7(11)4(2-13)8(12)6(3)10;1-4-6(9)2-5(3-12)8(11)7(4)10;2*1-2-4(9)6(11)3(8)7(12)5(2)10;1-2-3(8)5(10)7(12)6(11)4(2)9;1-2-3(8)5(10)7(12(13)14)6(11)4(2)9/h1H3;1H3;2H,1H3;3*1H3;1H3. The van der Waals surface area contributed by atoms with Gasteiger partial charge in [0, 0.05) is 38.9 Å². The number of alkyl halides is 3. The van der Waals surface area contributed by atoms with Crippen LogP contribution in [0, 0.1) is 244 Å². The van der Waals surface area contributed by atoms with E-state index in [1.165, 1.54) is 6.07 Å². The number of nitro groups is 1. The number of hydrogen-bond acceptors (Lipinski definition) is 4. The van der Waals surface area contributed by atoms with Gasteiger partial charge < -0.3 is 0 Å². The Morgan fingerprint density at radius 2 is 0.611 bits per heavy atom. The third kappa shape index (κ3) is 17.1. The molecule has 7 aromatic carbocycles. The first kappa shape index (κ1) is 79.5. The van der Waals surface area contributed by atoms with Crippen molar-refractivity contribution in [2.24, 2.45) is 0 Å². The lowest BCUT2D eigenvalue weighted by molar-refractivity contribution is -0.390. The van der Waals surface area contributed by atoms with Gasteiger partial charge in [0.1, 0.15) is 34.1 Å². The van der Waals surface area contributed by atoms with E-state index in [0.717, 1.165) is 47.6 Å². The van der Waals surface area contributed by atoms with Crippen LogP contribution in [0.2, 0.25) is 5.02 Å². The van der Waals surface area contributed by atoms with Gasteiger partial charge >= 0.3 is 11.9 Å². The van der Waals surface area contributed by atoms with Crippen LogP contribution in [0.5, 0.6) is 0 Å². The highest BCUT2D eigenvalue weighted by atomic mass is 79.9. The van der Waals surface area contributed by atoms with Crippen molar-refractivity contribution < 1.29 is 141 Å². The number of nitro benzene ring substituents is 1. The molecule has 7 rings (SSSR count). The third-order valence-corrected chi connectivity index (χ3v) is 11.8. The fraction of sp³-hybridized carbons (Fsp3) is 0.154. The lowest BCUT2D eigenvalue weighted by Gasteiger charge is -2.11. The molecule has 0 bridgehead atoms. The molecule has 0 saturated carbocycles. The van der Waals surface area contributed by atoms with E-state index < -0.39 is 245 Å². The Morgan fingerprint density at radius 3 is 0.889 bits per heavy atom. The van der Waals surface area contributed by atoms with E-state index in [4.69, 9.17) is 22.1 Å². The first-order chi connectivity index (χ1) is 41.0. The lowest BCUT2D eigenvalue weighted by Crippen LogP contribution is -2.16. The third-order valence-electron chi connectivity index (χ3n) is 10.8. The summed E-state index contributed by atoms with van der Waals surface area (Å²) in [5.41, 5.74) is -11.7. The Hall–Kier alpha value is -8.48. The molecule has 0 amide bonds. The van der Waals surface area contributed by atoms with Crippen LogP contribution in [0.4, 0.5) is 142 Å². The van der Waals surface area contributed by atoms with Crippen LogP contribution in [0.15, 0.2) is 10.5 Å². The molecule has 0 aliphatic rings. The number of halogens is 33. The first-order valence-electron chi connectivity index (χ1n) is 22.1. The van der Waals surface area contributed by atoms with Gasteiger partial charge in [-0.25, -0.2) is 114 Å². The molecule has 7 aromatic rings. The fourth-order valence-corrected chi connectivity index (χ4v) is 6.15. The minimum Gasteiger partial charge on any atom is -0.258 e. The molecule has 488 valence electrons. The van der Waals surface area contributed by atoms with Crippen molar-refractivity contribution in [1.82, 2.24) is 0 Å². The zero-order chi connectivity index (χ0) is 70.9. The van der Waals surface area contributed by atoms with Gasteiger partial charge in [-0.2, -0.15) is 32.5 Å². The highest BCUT2D eigenvalue weighted by Crippen LogP contribution is 2.37. The number of nitrogens with zero attached hydrogens (tertiary/aromatic N) is 3. The molecule has 0 aromatic heterocycles. The quantitative estimate of drug-likeness (QED) is 0.0538. The predicted octanol–water partition coefficient (Wildman–Crippen LogP) is 19.9. The molecule has 0 radical (unpaired) electrons. The summed E-state index contributed by atoms with van der Waals surface area (Å²) in [4.78, 5) is 8.53. The van der Waals surface area contributed by atoms with Crippen LogP contribution in [-0.2, 0) is 6.18 Å². The number of nitriles is 2. The average molecular weight is 1430 g/mol. The molecule has 0 unspecified atom stereocenters. The summed E-state index contributed by atoms with van der Waals surface area (Å²) in [6.07, 6.45) is -5.48. The largest absolute Gasteiger partial charge is 0.422 e. The SMILES string of the molecule is Cc1c(F)c(F)c(Br)c(F)c1F.Cc1c(F)c(F)c(C#N)c(F)c1F.Cc1c(F)c(F)c(C(F)(F)F)c(F)c1F.Cc1c(F)c(F)c(Cl)c(F)c1F.Cc1c(F)c(F)c(F)c(F)c1F.Cc1c(F)c(F)c([N+](=O)[O-])c(F)c1F.Cc1c(F)cc(C#N)c(F)c1F. The zero-order valence-electron chi connectivity index (χ0n) is 44.2. The summed E-state index contributed by atoms with van der Waals surface area (Å²) in [6, 6.07) is 3.07. The molecule has 0 N–H and O–H groups in total. The van der Waals surface area contributed by atoms with Gasteiger partial charge in [-0.15, -0.1) is 0 Å². The Balaban J connectivity index is 0.000000526. The van der Waals surface area contributed by atoms with E-state index in [2.05, 4.69) is 15.9 Å². The van der Waals surface area contributed by atoms with E-state index in [9.17, 15) is 146 Å². The molecule has 0 aliphatic carbocycles. The molecule has 90 heavy (non-hydrogen) atoms. The van der Waals surface area contributed by atoms with Crippen molar-refractivity contribution >= 4 is 33.2 Å². The van der Waals surface area contributed by atoms with Gasteiger partial charge in [0.2, 0.25) is 17.5 Å². The second kappa shape index (κ2) is 31.8. The molecule has 5 nitrogen and oxygen atoms in total. The van der Waals surface area contributed by atoms with Crippen molar-refractivity contribution in [2.75, 3.05) is 0 Å². The normalized spacial score (nSPS) is 10.5. The number of hydrogen-bond donors (Lipinski definition) is 0. The average Bonchev–Trinajstić information content (AvgIpc) is 0.907. The minimum absolute atomic E-state index is 0.411. The number of rotatable bonds is 1. The second-order valence-corrected chi connectivity index (χ2v) is 17.6. The van der Waals surface area contributed by atoms with Gasteiger partial charge in [-0.3, -0.25) is 10.1 Å². The minimum atomic E-state index is -5.48. The first-order valence-corrected chi connectivity index (χ1v) is 23.3. The molecule has 0 atom stereocenters. The Morgan fingerprint density at radius 1 is 0.367 bits per heavy atom. The van der Waals surface area contributed by atoms with E-state index in [1.54, 1.807) is 0 Å². The topological polar surface area (TPSA) is 90.7 Å². The molecule has 0 spiro atoms. The predicted molar refractivity (Wildman–Crippen MR) is 251 cm³/mol. The summed E-state index contributed by atoms with van der Waals surface area (Å²) < 4.78 is 388. The van der Waals surface area contributed by atoms with E-state index in [1.807, 2.05) is 0 Å². The molecule has 0 aliphatic heterocycles. The molecule has 38 heteroatoms. The van der Waals surface area contributed by atoms with Crippen LogP contribution in [0.25, 0.3) is 0 Å². The van der Waals surface area contributed by atoms with Crippen LogP contribution in [0.1, 0.15) is 55.6 Å². The van der Waals surface area contributed by atoms with Crippen molar-refractivity contribution in [3.8, 4) is 12.1 Å². The summed E-state index contributed by atoms with van der Waals surface area (Å²) in [7, 11) is 0. The van der Waals surface area contributed by atoms with Crippen LogP contribution < -0.4 is 0 Å². The molecule has 0 fully saturated rings. The van der Waals surface area contributed by atoms with Crippen LogP contribution >= 0.6 is 27.5 Å². The van der Waals surface area contributed by atoms with Crippen molar-refractivity contribution in [1.29, 1.82) is 10.5 Å². The second-order valence-electron chi connectivity index (χ2n) is 16.5. The highest BCUT2D eigenvalue weighted by Gasteiger charge is 2.42. The Kier molecular flexibility index (Phi) is 28.1. The van der Waals surface area contributed by atoms with Gasteiger partial charge in [-0.1, -0.05) is 11.6 Å². The van der Waals surface area contributed by atoms with Crippen LogP contribution in [-0.4, -0.2) is 4.92 Å². The maximum absolute atomic E-state index is 12.7. The van der Waals surface area contributed by atoms with E-state index in [0.29, 0.717) is 13.0 Å². The smallest absolute Gasteiger partial charge is 0.258 e. The zero-order valence-corrected chi connectivity index (χ0v) is 46.6. The highest BCUT2D eigenvalue weighted by molar-refractivity contribution is 9.10. The summed E-state index contributed by atoms with van der Waals surface area (Å²) in [6.45, 7) is 6.11.